The molecule has 1 aliphatic heterocycles. The van der Waals surface area contributed by atoms with Crippen molar-refractivity contribution in [3.05, 3.63) is 63.1 Å². The topological polar surface area (TPSA) is 90.3 Å². The van der Waals surface area contributed by atoms with Gasteiger partial charge in [0.2, 0.25) is 5.91 Å². The Kier molecular flexibility index (Phi) is 7.39. The molecule has 7 nitrogen and oxygen atoms in total. The number of likely N-dealkylation sites (N-methyl/N-ethyl adjacent to an activating group) is 1. The highest BCUT2D eigenvalue weighted by Gasteiger charge is 2.39. The Morgan fingerprint density at radius 1 is 1.15 bits per heavy atom. The lowest BCUT2D eigenvalue weighted by atomic mass is 9.82. The van der Waals surface area contributed by atoms with E-state index in [1.54, 1.807) is 35.2 Å². The molecule has 1 aliphatic carbocycles. The highest BCUT2D eigenvalue weighted by atomic mass is 35.5. The van der Waals surface area contributed by atoms with Gasteiger partial charge in [-0.2, -0.15) is 0 Å². The maximum atomic E-state index is 13.3. The van der Waals surface area contributed by atoms with Crippen LogP contribution in [0.15, 0.2) is 36.4 Å². The van der Waals surface area contributed by atoms with Crippen molar-refractivity contribution in [1.29, 1.82) is 0 Å². The van der Waals surface area contributed by atoms with Gasteiger partial charge in [-0.15, -0.1) is 0 Å². The molecule has 2 N–H and O–H groups in total. The van der Waals surface area contributed by atoms with Crippen LogP contribution in [0, 0.1) is 0 Å². The second-order valence-corrected chi connectivity index (χ2v) is 10.6. The quantitative estimate of drug-likeness (QED) is 0.549. The monoisotopic (exact) mass is 512 g/mol. The summed E-state index contributed by atoms with van der Waals surface area (Å²) in [5, 5.41) is 0.866. The molecule has 1 amide bonds. The number of amides is 1. The molecule has 0 spiro atoms. The molecule has 10 heteroatoms. The van der Waals surface area contributed by atoms with E-state index < -0.39 is 7.82 Å². The standard InChI is InChI=1S/C23H27Cl2N2O5P/c1-26(22(28)13-15-4-8-19(24)20(25)12-15)23-18-7-6-17(32-33(29,30)31)14-16(18)5-9-21(23)27-10-2-3-11-27/h4,6-8,12,14,21,23H,2-3,5,9-11,13H2,1H3,(H2,29,30,31). The predicted octanol–water partition coefficient (Wildman–Crippen LogP) is 4.62. The Hall–Kier alpha value is -1.60. The minimum absolute atomic E-state index is 0.0361. The van der Waals surface area contributed by atoms with Crippen molar-refractivity contribution in [3.8, 4) is 5.75 Å². The Labute approximate surface area is 203 Å². The number of fused-ring (bicyclic) bond motifs is 1. The summed E-state index contributed by atoms with van der Waals surface area (Å²) in [6.45, 7) is 2.01. The van der Waals surface area contributed by atoms with Crippen LogP contribution in [-0.2, 0) is 22.2 Å². The molecular weight excluding hydrogens is 486 g/mol. The zero-order valence-electron chi connectivity index (χ0n) is 18.3. The molecular formula is C23H27Cl2N2O5P. The van der Waals surface area contributed by atoms with Crippen LogP contribution in [0.1, 0.15) is 42.0 Å². The van der Waals surface area contributed by atoms with Gasteiger partial charge in [0, 0.05) is 13.1 Å². The van der Waals surface area contributed by atoms with E-state index in [1.165, 1.54) is 0 Å². The lowest BCUT2D eigenvalue weighted by molar-refractivity contribution is -0.133. The third-order valence-electron chi connectivity index (χ3n) is 6.49. The summed E-state index contributed by atoms with van der Waals surface area (Å²) in [5.74, 6) is 0.0937. The third kappa shape index (κ3) is 5.73. The third-order valence-corrected chi connectivity index (χ3v) is 7.68. The second-order valence-electron chi connectivity index (χ2n) is 8.67. The van der Waals surface area contributed by atoms with Crippen LogP contribution >= 0.6 is 31.0 Å². The maximum Gasteiger partial charge on any atom is 0.524 e. The number of carbonyl (C=O) groups is 1. The molecule has 1 heterocycles. The van der Waals surface area contributed by atoms with E-state index in [-0.39, 0.29) is 30.2 Å². The number of phosphoric ester groups is 1. The van der Waals surface area contributed by atoms with Gasteiger partial charge < -0.3 is 9.42 Å². The van der Waals surface area contributed by atoms with Gasteiger partial charge in [-0.1, -0.05) is 35.3 Å². The van der Waals surface area contributed by atoms with E-state index in [4.69, 9.17) is 37.5 Å². The fourth-order valence-electron chi connectivity index (χ4n) is 4.98. The Morgan fingerprint density at radius 3 is 2.55 bits per heavy atom. The molecule has 2 atom stereocenters. The van der Waals surface area contributed by atoms with Crippen LogP contribution in [0.3, 0.4) is 0 Å². The first-order valence-corrected chi connectivity index (χ1v) is 13.2. The molecule has 2 unspecified atom stereocenters. The van der Waals surface area contributed by atoms with Gasteiger partial charge in [0.15, 0.2) is 0 Å². The fraction of sp³-hybridized carbons (Fsp3) is 0.435. The first-order chi connectivity index (χ1) is 15.6. The van der Waals surface area contributed by atoms with Crippen molar-refractivity contribution in [1.82, 2.24) is 9.80 Å². The summed E-state index contributed by atoms with van der Waals surface area (Å²) in [6, 6.07) is 10.3. The van der Waals surface area contributed by atoms with Gasteiger partial charge in [-0.05, 0) is 79.7 Å². The van der Waals surface area contributed by atoms with E-state index in [0.717, 1.165) is 55.5 Å². The molecule has 1 saturated heterocycles. The predicted molar refractivity (Wildman–Crippen MR) is 128 cm³/mol. The number of hydrogen-bond acceptors (Lipinski definition) is 4. The van der Waals surface area contributed by atoms with Crippen LogP contribution in [0.25, 0.3) is 0 Å². The zero-order valence-corrected chi connectivity index (χ0v) is 20.7. The second kappa shape index (κ2) is 9.95. The van der Waals surface area contributed by atoms with E-state index in [9.17, 15) is 9.36 Å². The summed E-state index contributed by atoms with van der Waals surface area (Å²) in [6.07, 6.45) is 4.09. The molecule has 4 rings (SSSR count). The van der Waals surface area contributed by atoms with Crippen LogP contribution in [-0.4, -0.2) is 51.7 Å². The Bertz CT molecular complexity index is 1090. The van der Waals surface area contributed by atoms with Crippen LogP contribution in [0.4, 0.5) is 0 Å². The highest BCUT2D eigenvalue weighted by molar-refractivity contribution is 7.46. The number of aryl methyl sites for hydroxylation is 1. The minimum Gasteiger partial charge on any atom is -0.404 e. The van der Waals surface area contributed by atoms with E-state index >= 15 is 0 Å². The molecule has 0 radical (unpaired) electrons. The number of rotatable bonds is 6. The molecule has 0 saturated carbocycles. The number of hydrogen-bond donors (Lipinski definition) is 2. The van der Waals surface area contributed by atoms with E-state index in [0.29, 0.717) is 10.0 Å². The molecule has 0 aromatic heterocycles. The Balaban J connectivity index is 1.63. The first kappa shape index (κ1) is 24.5. The van der Waals surface area contributed by atoms with E-state index in [1.807, 2.05) is 13.1 Å². The number of phosphoric acid groups is 1. The molecule has 2 aromatic rings. The summed E-state index contributed by atoms with van der Waals surface area (Å²) in [5.41, 5.74) is 2.72. The molecule has 2 aliphatic rings. The summed E-state index contributed by atoms with van der Waals surface area (Å²) in [4.78, 5) is 35.9. The van der Waals surface area contributed by atoms with Gasteiger partial charge in [0.1, 0.15) is 5.75 Å². The largest absolute Gasteiger partial charge is 0.524 e. The van der Waals surface area contributed by atoms with Crippen LogP contribution in [0.5, 0.6) is 5.75 Å². The maximum absolute atomic E-state index is 13.3. The first-order valence-electron chi connectivity index (χ1n) is 10.9. The average molecular weight is 513 g/mol. The molecule has 0 bridgehead atoms. The van der Waals surface area contributed by atoms with Crippen molar-refractivity contribution in [2.45, 2.75) is 44.2 Å². The molecule has 178 valence electrons. The Morgan fingerprint density at radius 2 is 1.88 bits per heavy atom. The summed E-state index contributed by atoms with van der Waals surface area (Å²) in [7, 11) is -2.82. The lowest BCUT2D eigenvalue weighted by Gasteiger charge is -2.43. The summed E-state index contributed by atoms with van der Waals surface area (Å²) < 4.78 is 16.1. The van der Waals surface area contributed by atoms with Gasteiger partial charge in [-0.3, -0.25) is 19.5 Å². The van der Waals surface area contributed by atoms with Gasteiger partial charge in [0.25, 0.3) is 0 Å². The van der Waals surface area contributed by atoms with Gasteiger partial charge >= 0.3 is 7.82 Å². The molecule has 2 aromatic carbocycles. The van der Waals surface area contributed by atoms with Crippen molar-refractivity contribution < 1.29 is 23.7 Å². The average Bonchev–Trinajstić information content (AvgIpc) is 3.28. The minimum atomic E-state index is -4.64. The fourth-order valence-corrected chi connectivity index (χ4v) is 5.68. The smallest absolute Gasteiger partial charge is 0.404 e. The number of nitrogens with zero attached hydrogens (tertiary/aromatic N) is 2. The van der Waals surface area contributed by atoms with Crippen molar-refractivity contribution in [2.24, 2.45) is 0 Å². The van der Waals surface area contributed by atoms with Crippen molar-refractivity contribution in [2.75, 3.05) is 20.1 Å². The zero-order chi connectivity index (χ0) is 23.8. The number of likely N-dealkylation sites (tertiary alicyclic amines) is 1. The molecule has 33 heavy (non-hydrogen) atoms. The number of benzene rings is 2. The van der Waals surface area contributed by atoms with Crippen molar-refractivity contribution in [3.63, 3.8) is 0 Å². The molecule has 1 fully saturated rings. The SMILES string of the molecule is CN(C(=O)Cc1ccc(Cl)c(Cl)c1)C1c2ccc(OP(=O)(O)O)cc2CCC1N1CCCC1. The van der Waals surface area contributed by atoms with Gasteiger partial charge in [0.05, 0.1) is 22.5 Å². The van der Waals surface area contributed by atoms with Gasteiger partial charge in [-0.25, -0.2) is 4.57 Å². The lowest BCUT2D eigenvalue weighted by Crippen LogP contribution is -2.48. The highest BCUT2D eigenvalue weighted by Crippen LogP contribution is 2.42. The number of carbonyl (C=O) groups excluding carboxylic acids is 1. The van der Waals surface area contributed by atoms with Crippen LogP contribution < -0.4 is 4.52 Å². The van der Waals surface area contributed by atoms with Crippen molar-refractivity contribution >= 4 is 36.9 Å². The van der Waals surface area contributed by atoms with Crippen LogP contribution in [0.2, 0.25) is 10.0 Å². The number of halogens is 2. The normalized spacial score (nSPS) is 21.0. The van der Waals surface area contributed by atoms with E-state index in [2.05, 4.69) is 4.90 Å². The summed E-state index contributed by atoms with van der Waals surface area (Å²) >= 11 is 12.1.